The second kappa shape index (κ2) is 11.0. The Labute approximate surface area is 190 Å². The van der Waals surface area contributed by atoms with Crippen LogP contribution in [-0.4, -0.2) is 31.5 Å². The van der Waals surface area contributed by atoms with Gasteiger partial charge in [0, 0.05) is 6.61 Å². The Morgan fingerprint density at radius 3 is 2.15 bits per heavy atom. The van der Waals surface area contributed by atoms with E-state index in [1.165, 1.54) is 0 Å². The van der Waals surface area contributed by atoms with Crippen LogP contribution in [0.1, 0.15) is 87.8 Å². The normalized spacial score (nSPS) is 27.0. The van der Waals surface area contributed by atoms with Gasteiger partial charge in [0.05, 0.1) is 36.0 Å². The molecule has 1 saturated carbocycles. The first-order valence-electron chi connectivity index (χ1n) is 11.8. The molecule has 2 aliphatic rings. The average Bonchev–Trinajstić information content (AvgIpc) is 2.74. The van der Waals surface area contributed by atoms with Crippen molar-refractivity contribution in [3.05, 3.63) is 34.6 Å². The van der Waals surface area contributed by atoms with Crippen LogP contribution in [0.2, 0.25) is 0 Å². The van der Waals surface area contributed by atoms with E-state index in [-0.39, 0.29) is 30.8 Å². The molecule has 0 bridgehead atoms. The van der Waals surface area contributed by atoms with Gasteiger partial charge in [-0.3, -0.25) is 0 Å². The molecule has 0 radical (unpaired) electrons. The van der Waals surface area contributed by atoms with Crippen molar-refractivity contribution in [2.75, 3.05) is 13.2 Å². The first kappa shape index (κ1) is 26.3. The molecule has 1 aliphatic carbocycles. The summed E-state index contributed by atoms with van der Waals surface area (Å²) in [4.78, 5) is 0. The molecule has 3 rings (SSSR count). The lowest BCUT2D eigenvalue weighted by Gasteiger charge is -2.33. The molecule has 188 valence electrons. The van der Waals surface area contributed by atoms with Crippen LogP contribution in [0.4, 0.5) is 26.3 Å². The molecule has 1 heterocycles. The quantitative estimate of drug-likeness (QED) is 0.363. The van der Waals surface area contributed by atoms with Crippen LogP contribution < -0.4 is 0 Å². The zero-order valence-corrected chi connectivity index (χ0v) is 19.0. The highest BCUT2D eigenvalue weighted by Crippen LogP contribution is 2.45. The molecular weight excluding hydrogens is 450 g/mol. The van der Waals surface area contributed by atoms with Gasteiger partial charge in [0.1, 0.15) is 5.82 Å². The Morgan fingerprint density at radius 1 is 0.939 bits per heavy atom. The summed E-state index contributed by atoms with van der Waals surface area (Å²) >= 11 is 0. The molecule has 2 atom stereocenters. The van der Waals surface area contributed by atoms with Gasteiger partial charge < -0.3 is 14.2 Å². The zero-order valence-electron chi connectivity index (χ0n) is 19.0. The van der Waals surface area contributed by atoms with E-state index in [4.69, 9.17) is 14.2 Å². The summed E-state index contributed by atoms with van der Waals surface area (Å²) in [5.41, 5.74) is -3.29. The van der Waals surface area contributed by atoms with Crippen molar-refractivity contribution in [3.63, 3.8) is 0 Å². The molecular formula is C24H32F6O3. The van der Waals surface area contributed by atoms with Gasteiger partial charge in [-0.15, -0.1) is 0 Å². The lowest BCUT2D eigenvalue weighted by molar-refractivity contribution is -0.290. The Balaban J connectivity index is 1.80. The summed E-state index contributed by atoms with van der Waals surface area (Å²) in [7, 11) is 0. The van der Waals surface area contributed by atoms with Crippen molar-refractivity contribution >= 4 is 0 Å². The fourth-order valence-electron chi connectivity index (χ4n) is 4.92. The maximum atomic E-state index is 15.1. The van der Waals surface area contributed by atoms with Crippen molar-refractivity contribution < 1.29 is 40.6 Å². The fourth-order valence-corrected chi connectivity index (χ4v) is 4.92. The predicted octanol–water partition coefficient (Wildman–Crippen LogP) is 7.32. The highest BCUT2D eigenvalue weighted by molar-refractivity contribution is 5.40. The van der Waals surface area contributed by atoms with Gasteiger partial charge >= 0.3 is 12.3 Å². The summed E-state index contributed by atoms with van der Waals surface area (Å²) in [6, 6.07) is 1.72. The van der Waals surface area contributed by atoms with Gasteiger partial charge in [-0.1, -0.05) is 19.4 Å². The molecule has 0 aromatic heterocycles. The molecule has 9 heteroatoms. The maximum absolute atomic E-state index is 15.1. The second-order valence-corrected chi connectivity index (χ2v) is 8.90. The lowest BCUT2D eigenvalue weighted by Crippen LogP contribution is -2.36. The van der Waals surface area contributed by atoms with Crippen molar-refractivity contribution in [2.45, 2.75) is 102 Å². The number of halogens is 6. The van der Waals surface area contributed by atoms with E-state index in [9.17, 15) is 22.0 Å². The first-order valence-corrected chi connectivity index (χ1v) is 11.8. The van der Waals surface area contributed by atoms with Gasteiger partial charge in [-0.25, -0.2) is 4.39 Å². The van der Waals surface area contributed by atoms with E-state index in [1.807, 2.05) is 13.8 Å². The van der Waals surface area contributed by atoms with Crippen LogP contribution in [0.5, 0.6) is 0 Å². The van der Waals surface area contributed by atoms with Crippen LogP contribution in [0, 0.1) is 5.82 Å². The molecule has 1 aromatic carbocycles. The molecule has 2 fully saturated rings. The van der Waals surface area contributed by atoms with Crippen LogP contribution >= 0.6 is 0 Å². The Morgan fingerprint density at radius 2 is 1.61 bits per heavy atom. The minimum atomic E-state index is -5.11. The van der Waals surface area contributed by atoms with E-state index >= 15 is 4.39 Å². The van der Waals surface area contributed by atoms with Crippen molar-refractivity contribution in [2.24, 2.45) is 0 Å². The van der Waals surface area contributed by atoms with Gasteiger partial charge in [-0.2, -0.15) is 22.0 Å². The Kier molecular flexibility index (Phi) is 8.72. The molecule has 1 saturated heterocycles. The standard InChI is InChI=1S/C24H32F6O3/c1-3-5-16-10-11-18(14-32-16)33-24(29,30)20-13-12-19(21(22(20)25)23(26,27)28)15-6-8-17(9-7-15)31-4-2/h12-13,15-18H,3-11,14H2,1-2H3. The summed E-state index contributed by atoms with van der Waals surface area (Å²) in [6.45, 7) is 4.23. The molecule has 0 spiro atoms. The average molecular weight is 483 g/mol. The molecule has 3 nitrogen and oxygen atoms in total. The SMILES string of the molecule is CCCC1CCC(OC(F)(F)c2ccc(C3CCC(OCC)CC3)c(C(F)(F)F)c2F)CO1. The fraction of sp³-hybridized carbons (Fsp3) is 0.750. The van der Waals surface area contributed by atoms with E-state index in [1.54, 1.807) is 0 Å². The van der Waals surface area contributed by atoms with E-state index in [0.29, 0.717) is 38.7 Å². The van der Waals surface area contributed by atoms with Crippen LogP contribution in [-0.2, 0) is 26.5 Å². The molecule has 33 heavy (non-hydrogen) atoms. The number of hydrogen-bond donors (Lipinski definition) is 0. The van der Waals surface area contributed by atoms with Crippen molar-refractivity contribution in [1.82, 2.24) is 0 Å². The van der Waals surface area contributed by atoms with Gasteiger partial charge in [0.25, 0.3) is 0 Å². The third-order valence-corrected chi connectivity index (χ3v) is 6.54. The zero-order chi connectivity index (χ0) is 24.2. The molecule has 2 unspecified atom stereocenters. The largest absolute Gasteiger partial charge is 0.419 e. The van der Waals surface area contributed by atoms with Gasteiger partial charge in [-0.05, 0) is 69.4 Å². The number of ether oxygens (including phenoxy) is 3. The van der Waals surface area contributed by atoms with Gasteiger partial charge in [0.15, 0.2) is 0 Å². The summed E-state index contributed by atoms with van der Waals surface area (Å²) in [5.74, 6) is -2.53. The summed E-state index contributed by atoms with van der Waals surface area (Å²) in [5, 5.41) is 0. The highest BCUT2D eigenvalue weighted by atomic mass is 19.4. The topological polar surface area (TPSA) is 27.7 Å². The number of benzene rings is 1. The van der Waals surface area contributed by atoms with Crippen molar-refractivity contribution in [1.29, 1.82) is 0 Å². The van der Waals surface area contributed by atoms with Gasteiger partial charge in [0.2, 0.25) is 0 Å². The molecule has 1 aromatic rings. The molecule has 0 amide bonds. The van der Waals surface area contributed by atoms with Crippen molar-refractivity contribution in [3.8, 4) is 0 Å². The van der Waals surface area contributed by atoms with E-state index < -0.39 is 41.3 Å². The number of hydrogen-bond acceptors (Lipinski definition) is 3. The van der Waals surface area contributed by atoms with E-state index in [2.05, 4.69) is 0 Å². The molecule has 1 aliphatic heterocycles. The molecule has 0 N–H and O–H groups in total. The third-order valence-electron chi connectivity index (χ3n) is 6.54. The number of rotatable bonds is 8. The van der Waals surface area contributed by atoms with Crippen LogP contribution in [0.25, 0.3) is 0 Å². The highest BCUT2D eigenvalue weighted by Gasteiger charge is 2.46. The van der Waals surface area contributed by atoms with Crippen LogP contribution in [0.15, 0.2) is 12.1 Å². The summed E-state index contributed by atoms with van der Waals surface area (Å²) < 4.78 is 102. The lowest BCUT2D eigenvalue weighted by atomic mass is 9.80. The second-order valence-electron chi connectivity index (χ2n) is 8.90. The van der Waals surface area contributed by atoms with Crippen LogP contribution in [0.3, 0.4) is 0 Å². The first-order chi connectivity index (χ1) is 15.6. The third kappa shape index (κ3) is 6.42. The summed E-state index contributed by atoms with van der Waals surface area (Å²) in [6.07, 6.45) is -6.14. The number of alkyl halides is 5. The Bertz CT molecular complexity index is 766. The van der Waals surface area contributed by atoms with E-state index in [0.717, 1.165) is 25.0 Å². The minimum Gasteiger partial charge on any atom is -0.379 e. The maximum Gasteiger partial charge on any atom is 0.419 e. The predicted molar refractivity (Wildman–Crippen MR) is 111 cm³/mol. The monoisotopic (exact) mass is 482 g/mol. The Hall–Kier alpha value is -1.32. The smallest absolute Gasteiger partial charge is 0.379 e. The minimum absolute atomic E-state index is 0.0444.